The number of carbonyl (C=O) groups excluding carboxylic acids is 2. The lowest BCUT2D eigenvalue weighted by Gasteiger charge is -2.49. The van der Waals surface area contributed by atoms with E-state index in [2.05, 4.69) is 5.10 Å². The van der Waals surface area contributed by atoms with Crippen molar-refractivity contribution in [2.45, 2.75) is 59.4 Å². The molecule has 3 rings (SSSR count). The second-order valence-electron chi connectivity index (χ2n) is 10.9. The minimum absolute atomic E-state index is 0.00413. The summed E-state index contributed by atoms with van der Waals surface area (Å²) in [7, 11) is 0. The maximum absolute atomic E-state index is 12.4. The van der Waals surface area contributed by atoms with Gasteiger partial charge in [0.2, 0.25) is 0 Å². The van der Waals surface area contributed by atoms with Crippen molar-refractivity contribution in [1.29, 1.82) is 0 Å². The molecule has 2 aromatic rings. The lowest BCUT2D eigenvalue weighted by Crippen LogP contribution is -2.67. The van der Waals surface area contributed by atoms with E-state index < -0.39 is 16.6 Å². The molecular formula is C24H37N7O4. The number of nitrogens with zero attached hydrogens (tertiary/aromatic N) is 4. The highest BCUT2D eigenvalue weighted by Gasteiger charge is 2.48. The van der Waals surface area contributed by atoms with E-state index in [0.29, 0.717) is 36.6 Å². The molecule has 0 bridgehead atoms. The van der Waals surface area contributed by atoms with Gasteiger partial charge < -0.3 is 36.1 Å². The maximum atomic E-state index is 12.4. The Balaban J connectivity index is 1.75. The highest BCUT2D eigenvalue weighted by atomic mass is 16.6. The van der Waals surface area contributed by atoms with Gasteiger partial charge >= 0.3 is 12.1 Å². The minimum Gasteiger partial charge on any atom is -0.444 e. The number of hydrogen-bond donors (Lipinski definition) is 3. The standard InChI is InChI=1S/C24H37N7O4/c1-22(2,3)20(32)34-15-29-8-7-17(19(29)27)18(9-25)16-10-28-31(11-16)24(12-26)13-30(14-24)21(33)35-23(4,5)6/h7-11H,12-15,25-27H2,1-6H3/b18-9-. The number of aromatic nitrogens is 3. The number of amides is 1. The van der Waals surface area contributed by atoms with Gasteiger partial charge in [0.25, 0.3) is 0 Å². The number of nitrogens with two attached hydrogens (primary N) is 3. The molecule has 35 heavy (non-hydrogen) atoms. The second kappa shape index (κ2) is 9.29. The van der Waals surface area contributed by atoms with Crippen LogP contribution >= 0.6 is 0 Å². The summed E-state index contributed by atoms with van der Waals surface area (Å²) in [6, 6.07) is 1.81. The van der Waals surface area contributed by atoms with Gasteiger partial charge in [-0.15, -0.1) is 0 Å². The molecule has 1 fully saturated rings. The molecule has 0 atom stereocenters. The smallest absolute Gasteiger partial charge is 0.410 e. The average molecular weight is 488 g/mol. The Morgan fingerprint density at radius 3 is 2.40 bits per heavy atom. The van der Waals surface area contributed by atoms with E-state index in [1.165, 1.54) is 6.20 Å². The first-order chi connectivity index (χ1) is 16.2. The van der Waals surface area contributed by atoms with Crippen molar-refractivity contribution in [3.63, 3.8) is 0 Å². The molecule has 1 saturated heterocycles. The molecule has 192 valence electrons. The second-order valence-corrected chi connectivity index (χ2v) is 10.9. The molecule has 11 nitrogen and oxygen atoms in total. The van der Waals surface area contributed by atoms with Crippen LogP contribution in [0.2, 0.25) is 0 Å². The molecular weight excluding hydrogens is 450 g/mol. The molecule has 1 aliphatic heterocycles. The minimum atomic E-state index is -0.610. The highest BCUT2D eigenvalue weighted by Crippen LogP contribution is 2.33. The van der Waals surface area contributed by atoms with Crippen molar-refractivity contribution < 1.29 is 19.1 Å². The number of esters is 1. The highest BCUT2D eigenvalue weighted by molar-refractivity contribution is 5.84. The molecule has 0 spiro atoms. The first-order valence-electron chi connectivity index (χ1n) is 11.5. The Hall–Kier alpha value is -3.47. The van der Waals surface area contributed by atoms with Gasteiger partial charge in [0.05, 0.1) is 24.7 Å². The van der Waals surface area contributed by atoms with Crippen LogP contribution in [0.25, 0.3) is 5.57 Å². The first kappa shape index (κ1) is 26.1. The molecule has 2 aromatic heterocycles. The van der Waals surface area contributed by atoms with Crippen LogP contribution in [0.4, 0.5) is 10.6 Å². The van der Waals surface area contributed by atoms with E-state index in [4.69, 9.17) is 26.7 Å². The lowest BCUT2D eigenvalue weighted by molar-refractivity contribution is -0.156. The van der Waals surface area contributed by atoms with Gasteiger partial charge in [-0.25, -0.2) is 4.79 Å². The monoisotopic (exact) mass is 487 g/mol. The van der Waals surface area contributed by atoms with Crippen LogP contribution in [0.5, 0.6) is 0 Å². The summed E-state index contributed by atoms with van der Waals surface area (Å²) >= 11 is 0. The SMILES string of the molecule is CC(C)(C)OC(=O)N1CC(CN)(n2cc(/C(=C/N)c3ccn(COC(=O)C(C)(C)C)c3N)cn2)C1. The first-order valence-corrected chi connectivity index (χ1v) is 11.5. The number of nitrogen functional groups attached to an aromatic ring is 1. The van der Waals surface area contributed by atoms with Gasteiger partial charge in [-0.1, -0.05) is 0 Å². The van der Waals surface area contributed by atoms with Gasteiger partial charge in [-0.2, -0.15) is 5.10 Å². The van der Waals surface area contributed by atoms with Crippen molar-refractivity contribution >= 4 is 23.5 Å². The molecule has 3 heterocycles. The lowest BCUT2D eigenvalue weighted by atomic mass is 9.90. The summed E-state index contributed by atoms with van der Waals surface area (Å²) in [5.41, 5.74) is 18.8. The van der Waals surface area contributed by atoms with Crippen molar-refractivity contribution in [3.8, 4) is 0 Å². The van der Waals surface area contributed by atoms with Gasteiger partial charge in [-0.3, -0.25) is 9.48 Å². The van der Waals surface area contributed by atoms with E-state index in [1.54, 1.807) is 47.3 Å². The van der Waals surface area contributed by atoms with Crippen molar-refractivity contribution in [2.24, 2.45) is 16.9 Å². The summed E-state index contributed by atoms with van der Waals surface area (Å²) in [6.07, 6.45) is 6.34. The molecule has 0 aromatic carbocycles. The quantitative estimate of drug-likeness (QED) is 0.523. The normalized spacial score (nSPS) is 16.1. The topological polar surface area (TPSA) is 157 Å². The van der Waals surface area contributed by atoms with E-state index >= 15 is 0 Å². The van der Waals surface area contributed by atoms with Gasteiger partial charge in [0.1, 0.15) is 17.0 Å². The predicted molar refractivity (Wildman–Crippen MR) is 133 cm³/mol. The number of rotatable bonds is 6. The van der Waals surface area contributed by atoms with Crippen LogP contribution < -0.4 is 17.2 Å². The van der Waals surface area contributed by atoms with Crippen molar-refractivity contribution in [1.82, 2.24) is 19.2 Å². The van der Waals surface area contributed by atoms with Crippen LogP contribution in [0.3, 0.4) is 0 Å². The fourth-order valence-electron chi connectivity index (χ4n) is 3.72. The molecule has 1 aliphatic rings. The van der Waals surface area contributed by atoms with Gasteiger partial charge in [0, 0.05) is 41.8 Å². The van der Waals surface area contributed by atoms with Crippen LogP contribution in [-0.4, -0.2) is 56.5 Å². The van der Waals surface area contributed by atoms with Crippen LogP contribution in [0.15, 0.2) is 30.9 Å². The van der Waals surface area contributed by atoms with E-state index in [9.17, 15) is 9.59 Å². The number of ether oxygens (including phenoxy) is 2. The largest absolute Gasteiger partial charge is 0.444 e. The summed E-state index contributed by atoms with van der Waals surface area (Å²) < 4.78 is 14.2. The third kappa shape index (κ3) is 5.45. The molecule has 0 unspecified atom stereocenters. The van der Waals surface area contributed by atoms with Gasteiger partial charge in [-0.05, 0) is 47.6 Å². The predicted octanol–water partition coefficient (Wildman–Crippen LogP) is 2.07. The van der Waals surface area contributed by atoms with Crippen LogP contribution in [-0.2, 0) is 26.5 Å². The number of likely N-dealkylation sites (tertiary alicyclic amines) is 1. The number of hydrogen-bond acceptors (Lipinski definition) is 8. The zero-order valence-corrected chi connectivity index (χ0v) is 21.4. The Bertz CT molecular complexity index is 1110. The Morgan fingerprint density at radius 1 is 1.20 bits per heavy atom. The molecule has 11 heteroatoms. The maximum Gasteiger partial charge on any atom is 0.410 e. The summed E-state index contributed by atoms with van der Waals surface area (Å²) in [5, 5.41) is 4.51. The zero-order chi connectivity index (χ0) is 26.2. The Morgan fingerprint density at radius 2 is 1.86 bits per heavy atom. The van der Waals surface area contributed by atoms with E-state index in [-0.39, 0.29) is 18.8 Å². The Kier molecular flexibility index (Phi) is 6.94. The van der Waals surface area contributed by atoms with E-state index in [1.807, 2.05) is 33.0 Å². The van der Waals surface area contributed by atoms with Crippen LogP contribution in [0.1, 0.15) is 52.7 Å². The fourth-order valence-corrected chi connectivity index (χ4v) is 3.72. The number of anilines is 1. The van der Waals surface area contributed by atoms with Crippen molar-refractivity contribution in [2.75, 3.05) is 25.4 Å². The molecule has 0 aliphatic carbocycles. The molecule has 1 amide bonds. The average Bonchev–Trinajstić information content (AvgIpc) is 3.33. The molecule has 6 N–H and O–H groups in total. The molecule has 0 saturated carbocycles. The summed E-state index contributed by atoms with van der Waals surface area (Å²) in [4.78, 5) is 26.1. The zero-order valence-electron chi connectivity index (χ0n) is 21.4. The van der Waals surface area contributed by atoms with E-state index in [0.717, 1.165) is 5.56 Å². The fraction of sp³-hybridized carbons (Fsp3) is 0.542. The number of carbonyl (C=O) groups is 2. The third-order valence-corrected chi connectivity index (χ3v) is 5.79. The van der Waals surface area contributed by atoms with Crippen molar-refractivity contribution in [3.05, 3.63) is 42.0 Å². The third-order valence-electron chi connectivity index (χ3n) is 5.79. The Labute approximate surface area is 205 Å². The molecule has 0 radical (unpaired) electrons. The summed E-state index contributed by atoms with van der Waals surface area (Å²) in [6.45, 7) is 11.9. The van der Waals surface area contributed by atoms with Gasteiger partial charge in [0.15, 0.2) is 6.73 Å². The summed E-state index contributed by atoms with van der Waals surface area (Å²) in [5.74, 6) is 0.0838. The van der Waals surface area contributed by atoms with Crippen LogP contribution in [0, 0.1) is 5.41 Å².